The van der Waals surface area contributed by atoms with Gasteiger partial charge in [-0.3, -0.25) is 14.9 Å². The first-order valence-electron chi connectivity index (χ1n) is 8.78. The Bertz CT molecular complexity index is 1130. The molecule has 0 fully saturated rings. The maximum absolute atomic E-state index is 12.2. The molecule has 0 saturated carbocycles. The summed E-state index contributed by atoms with van der Waals surface area (Å²) in [5.74, 6) is 0.408. The van der Waals surface area contributed by atoms with Crippen LogP contribution in [0.3, 0.4) is 0 Å². The normalized spacial score (nSPS) is 10.8. The Morgan fingerprint density at radius 2 is 1.77 bits per heavy atom. The zero-order valence-electron chi connectivity index (χ0n) is 15.7. The number of hydrogen-bond acceptors (Lipinski definition) is 5. The predicted molar refractivity (Wildman–Crippen MR) is 139 cm³/mol. The number of benzene rings is 3. The van der Waals surface area contributed by atoms with Crippen LogP contribution in [0.1, 0.15) is 21.5 Å². The minimum Gasteiger partial charge on any atom is -0.487 e. The topological polar surface area (TPSA) is 93.8 Å². The average Bonchev–Trinajstić information content (AvgIpc) is 2.73. The molecule has 1 N–H and O–H groups in total. The number of amides is 1. The molecule has 1 amide bonds. The molecule has 3 aromatic carbocycles. The Morgan fingerprint density at radius 1 is 1.13 bits per heavy atom. The van der Waals surface area contributed by atoms with Crippen LogP contribution in [0.5, 0.6) is 5.75 Å². The molecule has 158 valence electrons. The van der Waals surface area contributed by atoms with E-state index in [1.54, 1.807) is 36.5 Å². The smallest absolute Gasteiger partial charge is 0.272 e. The van der Waals surface area contributed by atoms with Gasteiger partial charge in [-0.1, -0.05) is 12.1 Å². The molecule has 0 saturated heterocycles. The average molecular weight is 706 g/mol. The lowest BCUT2D eigenvalue weighted by Gasteiger charge is -2.11. The maximum atomic E-state index is 12.2. The van der Waals surface area contributed by atoms with Crippen molar-refractivity contribution in [2.75, 3.05) is 0 Å². The first-order chi connectivity index (χ1) is 14.8. The number of ether oxygens (including phenoxy) is 1. The number of carbonyl (C=O) groups excluding carboxylic acids is 1. The van der Waals surface area contributed by atoms with Gasteiger partial charge in [0.05, 0.1) is 23.8 Å². The molecule has 0 heterocycles. The van der Waals surface area contributed by atoms with E-state index in [1.807, 2.05) is 18.2 Å². The molecule has 0 atom stereocenters. The SMILES string of the molecule is O=C(N/N=C\c1cc(I)c(OCc2ccc([N+](=O)[O-])cc2)c(I)c1)c1ccccc1Br. The molecule has 0 aliphatic carbocycles. The van der Waals surface area contributed by atoms with Gasteiger partial charge < -0.3 is 4.74 Å². The van der Waals surface area contributed by atoms with Crippen LogP contribution in [0.15, 0.2) is 70.2 Å². The second kappa shape index (κ2) is 11.0. The highest BCUT2D eigenvalue weighted by Gasteiger charge is 2.11. The van der Waals surface area contributed by atoms with Gasteiger partial charge >= 0.3 is 0 Å². The fourth-order valence-electron chi connectivity index (χ4n) is 2.53. The molecule has 0 unspecified atom stereocenters. The van der Waals surface area contributed by atoms with Crippen molar-refractivity contribution in [3.63, 3.8) is 0 Å². The molecule has 0 radical (unpaired) electrons. The highest BCUT2D eigenvalue weighted by Crippen LogP contribution is 2.29. The van der Waals surface area contributed by atoms with Crippen LogP contribution in [0.4, 0.5) is 5.69 Å². The van der Waals surface area contributed by atoms with Crippen molar-refractivity contribution in [3.8, 4) is 5.75 Å². The van der Waals surface area contributed by atoms with Gasteiger partial charge in [0, 0.05) is 16.6 Å². The van der Waals surface area contributed by atoms with Gasteiger partial charge in [-0.25, -0.2) is 5.43 Å². The van der Waals surface area contributed by atoms with Crippen molar-refractivity contribution in [3.05, 3.63) is 99.1 Å². The van der Waals surface area contributed by atoms with E-state index in [0.717, 1.165) is 18.3 Å². The van der Waals surface area contributed by atoms with Crippen molar-refractivity contribution in [2.24, 2.45) is 5.10 Å². The number of hydrazone groups is 1. The molecule has 0 bridgehead atoms. The standard InChI is InChI=1S/C21H14BrI2N3O4/c22-17-4-2-1-3-16(17)21(28)26-25-11-14-9-18(23)20(19(24)10-14)31-12-13-5-7-15(8-6-13)27(29)30/h1-11H,12H2,(H,26,28)/b25-11-. The Morgan fingerprint density at radius 3 is 2.39 bits per heavy atom. The highest BCUT2D eigenvalue weighted by atomic mass is 127. The number of non-ortho nitro benzene ring substituents is 1. The fourth-order valence-corrected chi connectivity index (χ4v) is 5.12. The van der Waals surface area contributed by atoms with Crippen LogP contribution in [-0.2, 0) is 6.61 Å². The second-order valence-electron chi connectivity index (χ2n) is 6.20. The van der Waals surface area contributed by atoms with Crippen LogP contribution >= 0.6 is 61.1 Å². The number of nitrogens with one attached hydrogen (secondary N) is 1. The largest absolute Gasteiger partial charge is 0.487 e. The molecule has 10 heteroatoms. The van der Waals surface area contributed by atoms with Gasteiger partial charge in [0.25, 0.3) is 11.6 Å². The summed E-state index contributed by atoms with van der Waals surface area (Å²) in [4.78, 5) is 22.5. The molecule has 0 spiro atoms. The van der Waals surface area contributed by atoms with Gasteiger partial charge in [-0.05, 0) is 109 Å². The summed E-state index contributed by atoms with van der Waals surface area (Å²) < 4.78 is 8.37. The molecule has 3 rings (SSSR count). The zero-order chi connectivity index (χ0) is 22.4. The van der Waals surface area contributed by atoms with Crippen LogP contribution in [0.2, 0.25) is 0 Å². The van der Waals surface area contributed by atoms with Crippen LogP contribution in [-0.4, -0.2) is 17.0 Å². The zero-order valence-corrected chi connectivity index (χ0v) is 21.6. The van der Waals surface area contributed by atoms with Crippen molar-refractivity contribution < 1.29 is 14.5 Å². The number of rotatable bonds is 7. The molecule has 31 heavy (non-hydrogen) atoms. The summed E-state index contributed by atoms with van der Waals surface area (Å²) in [5.41, 5.74) is 4.70. The summed E-state index contributed by atoms with van der Waals surface area (Å²) in [6.07, 6.45) is 1.57. The minimum absolute atomic E-state index is 0.0447. The lowest BCUT2D eigenvalue weighted by atomic mass is 10.2. The second-order valence-corrected chi connectivity index (χ2v) is 9.38. The third-order valence-electron chi connectivity index (χ3n) is 4.05. The van der Waals surface area contributed by atoms with E-state index in [2.05, 4.69) is 71.6 Å². The third-order valence-corrected chi connectivity index (χ3v) is 6.34. The van der Waals surface area contributed by atoms with Crippen molar-refractivity contribution in [1.82, 2.24) is 5.43 Å². The number of nitro benzene ring substituents is 1. The fraction of sp³-hybridized carbons (Fsp3) is 0.0476. The van der Waals surface area contributed by atoms with Crippen LogP contribution < -0.4 is 10.2 Å². The van der Waals surface area contributed by atoms with Crippen molar-refractivity contribution in [2.45, 2.75) is 6.61 Å². The van der Waals surface area contributed by atoms with Crippen molar-refractivity contribution >= 4 is 78.9 Å². The highest BCUT2D eigenvalue weighted by molar-refractivity contribution is 14.1. The molecule has 3 aromatic rings. The third kappa shape index (κ3) is 6.46. The van der Waals surface area contributed by atoms with E-state index < -0.39 is 4.92 Å². The number of nitrogens with zero attached hydrogens (tertiary/aromatic N) is 2. The molecular weight excluding hydrogens is 692 g/mol. The quantitative estimate of drug-likeness (QED) is 0.143. The van der Waals surface area contributed by atoms with Gasteiger partial charge in [0.1, 0.15) is 12.4 Å². The van der Waals surface area contributed by atoms with E-state index in [-0.39, 0.29) is 11.6 Å². The van der Waals surface area contributed by atoms with Gasteiger partial charge in [0.2, 0.25) is 0 Å². The molecule has 0 aromatic heterocycles. The first-order valence-corrected chi connectivity index (χ1v) is 11.7. The summed E-state index contributed by atoms with van der Waals surface area (Å²) in [7, 11) is 0. The van der Waals surface area contributed by atoms with E-state index in [0.29, 0.717) is 22.4 Å². The lowest BCUT2D eigenvalue weighted by Crippen LogP contribution is -2.18. The summed E-state index contributed by atoms with van der Waals surface area (Å²) in [6, 6.07) is 17.1. The summed E-state index contributed by atoms with van der Waals surface area (Å²) in [6.45, 7) is 0.291. The van der Waals surface area contributed by atoms with Gasteiger partial charge in [-0.15, -0.1) is 0 Å². The number of hydrogen-bond donors (Lipinski definition) is 1. The molecule has 0 aliphatic rings. The Hall–Kier alpha value is -2.06. The minimum atomic E-state index is -0.433. The van der Waals surface area contributed by atoms with E-state index in [1.165, 1.54) is 12.1 Å². The van der Waals surface area contributed by atoms with E-state index in [9.17, 15) is 14.9 Å². The Kier molecular flexibility index (Phi) is 8.37. The summed E-state index contributed by atoms with van der Waals surface area (Å²) >= 11 is 7.69. The first kappa shape index (κ1) is 23.6. The lowest BCUT2D eigenvalue weighted by molar-refractivity contribution is -0.384. The monoisotopic (exact) mass is 705 g/mol. The number of nitro groups is 1. The molecule has 0 aliphatic heterocycles. The van der Waals surface area contributed by atoms with Gasteiger partial charge in [-0.2, -0.15) is 5.10 Å². The molecule has 7 nitrogen and oxygen atoms in total. The van der Waals surface area contributed by atoms with Crippen LogP contribution in [0.25, 0.3) is 0 Å². The maximum Gasteiger partial charge on any atom is 0.272 e. The Labute approximate surface area is 213 Å². The van der Waals surface area contributed by atoms with Gasteiger partial charge in [0.15, 0.2) is 0 Å². The van der Waals surface area contributed by atoms with E-state index in [4.69, 9.17) is 4.74 Å². The van der Waals surface area contributed by atoms with Crippen molar-refractivity contribution in [1.29, 1.82) is 0 Å². The van der Waals surface area contributed by atoms with E-state index >= 15 is 0 Å². The number of carbonyl (C=O) groups is 1. The molecular formula is C21H14BrI2N3O4. The number of halogens is 3. The van der Waals surface area contributed by atoms with Crippen LogP contribution in [0, 0.1) is 17.3 Å². The Balaban J connectivity index is 1.64. The summed E-state index contributed by atoms with van der Waals surface area (Å²) in [5, 5.41) is 14.8. The predicted octanol–water partition coefficient (Wildman–Crippen LogP) is 5.91.